The standard InChI is InChI=1S/C17H32N4/c1-3-5-7-14-8-10-15(11-9-14)17-16(13-18)19-20-21(17)12-6-4-2/h14-15H,3-13,18H2,1-2H3. The van der Waals surface area contributed by atoms with Crippen LogP contribution >= 0.6 is 0 Å². The number of nitrogens with two attached hydrogens (primary N) is 1. The van der Waals surface area contributed by atoms with Crippen LogP contribution in [-0.4, -0.2) is 15.0 Å². The molecule has 0 unspecified atom stereocenters. The second-order valence-electron chi connectivity index (χ2n) is 6.56. The fourth-order valence-electron chi connectivity index (χ4n) is 3.64. The molecule has 1 aromatic heterocycles. The van der Waals surface area contributed by atoms with Crippen LogP contribution in [0.4, 0.5) is 0 Å². The highest BCUT2D eigenvalue weighted by molar-refractivity contribution is 5.16. The number of unbranched alkanes of at least 4 members (excludes halogenated alkanes) is 2. The number of aryl methyl sites for hydroxylation is 1. The Morgan fingerprint density at radius 3 is 2.43 bits per heavy atom. The molecule has 1 fully saturated rings. The van der Waals surface area contributed by atoms with Crippen molar-refractivity contribution >= 4 is 0 Å². The highest BCUT2D eigenvalue weighted by Gasteiger charge is 2.27. The van der Waals surface area contributed by atoms with Crippen LogP contribution in [0.2, 0.25) is 0 Å². The molecule has 1 aromatic rings. The Morgan fingerprint density at radius 1 is 1.10 bits per heavy atom. The van der Waals surface area contributed by atoms with Crippen LogP contribution in [0.5, 0.6) is 0 Å². The Morgan fingerprint density at radius 2 is 1.81 bits per heavy atom. The highest BCUT2D eigenvalue weighted by Crippen LogP contribution is 2.38. The average Bonchev–Trinajstić information content (AvgIpc) is 2.94. The summed E-state index contributed by atoms with van der Waals surface area (Å²) in [5.74, 6) is 1.58. The van der Waals surface area contributed by atoms with E-state index in [9.17, 15) is 0 Å². The number of nitrogens with zero attached hydrogens (tertiary/aromatic N) is 3. The summed E-state index contributed by atoms with van der Waals surface area (Å²) in [7, 11) is 0. The number of hydrogen-bond donors (Lipinski definition) is 1. The van der Waals surface area contributed by atoms with Gasteiger partial charge in [0.25, 0.3) is 0 Å². The van der Waals surface area contributed by atoms with Gasteiger partial charge in [-0.15, -0.1) is 5.10 Å². The summed E-state index contributed by atoms with van der Waals surface area (Å²) in [5.41, 5.74) is 8.25. The molecule has 0 radical (unpaired) electrons. The van der Waals surface area contributed by atoms with Crippen molar-refractivity contribution in [3.8, 4) is 0 Å². The van der Waals surface area contributed by atoms with E-state index in [-0.39, 0.29) is 0 Å². The molecule has 21 heavy (non-hydrogen) atoms. The van der Waals surface area contributed by atoms with Crippen molar-refractivity contribution in [3.63, 3.8) is 0 Å². The normalized spacial score (nSPS) is 22.6. The molecule has 0 aliphatic heterocycles. The van der Waals surface area contributed by atoms with Crippen LogP contribution in [0.15, 0.2) is 0 Å². The van der Waals surface area contributed by atoms with Crippen LogP contribution in [0, 0.1) is 5.92 Å². The van der Waals surface area contributed by atoms with Gasteiger partial charge in [0.2, 0.25) is 0 Å². The summed E-state index contributed by atoms with van der Waals surface area (Å²) in [6.07, 6.45) is 11.8. The summed E-state index contributed by atoms with van der Waals surface area (Å²) in [5, 5.41) is 8.67. The Kier molecular flexibility index (Phi) is 6.68. The van der Waals surface area contributed by atoms with E-state index in [1.165, 1.54) is 63.5 Å². The van der Waals surface area contributed by atoms with Gasteiger partial charge in [0.1, 0.15) is 0 Å². The lowest BCUT2D eigenvalue weighted by Crippen LogP contribution is -2.19. The van der Waals surface area contributed by atoms with Gasteiger partial charge in [-0.1, -0.05) is 44.7 Å². The van der Waals surface area contributed by atoms with Gasteiger partial charge in [-0.3, -0.25) is 0 Å². The molecule has 2 rings (SSSR count). The molecule has 4 heteroatoms. The van der Waals surface area contributed by atoms with E-state index in [1.54, 1.807) is 0 Å². The summed E-state index contributed by atoms with van der Waals surface area (Å²) in [4.78, 5) is 0. The third-order valence-electron chi connectivity index (χ3n) is 4.96. The molecule has 0 bridgehead atoms. The van der Waals surface area contributed by atoms with E-state index in [0.717, 1.165) is 18.2 Å². The zero-order valence-electron chi connectivity index (χ0n) is 13.9. The largest absolute Gasteiger partial charge is 0.325 e. The molecule has 1 saturated carbocycles. The van der Waals surface area contributed by atoms with Crippen molar-refractivity contribution in [2.75, 3.05) is 0 Å². The zero-order chi connectivity index (χ0) is 15.1. The zero-order valence-corrected chi connectivity index (χ0v) is 13.9. The van der Waals surface area contributed by atoms with Gasteiger partial charge in [0.15, 0.2) is 0 Å². The second-order valence-corrected chi connectivity index (χ2v) is 6.56. The van der Waals surface area contributed by atoms with E-state index in [2.05, 4.69) is 28.8 Å². The molecular weight excluding hydrogens is 260 g/mol. The maximum absolute atomic E-state index is 5.88. The predicted molar refractivity (Wildman–Crippen MR) is 87.0 cm³/mol. The van der Waals surface area contributed by atoms with E-state index < -0.39 is 0 Å². The quantitative estimate of drug-likeness (QED) is 0.788. The average molecular weight is 292 g/mol. The summed E-state index contributed by atoms with van der Waals surface area (Å²) >= 11 is 0. The van der Waals surface area contributed by atoms with Crippen LogP contribution in [0.1, 0.15) is 88.9 Å². The highest BCUT2D eigenvalue weighted by atomic mass is 15.4. The molecule has 0 saturated heterocycles. The second kappa shape index (κ2) is 8.52. The maximum Gasteiger partial charge on any atom is 0.0997 e. The van der Waals surface area contributed by atoms with Crippen molar-refractivity contribution < 1.29 is 0 Å². The molecule has 0 spiro atoms. The van der Waals surface area contributed by atoms with Gasteiger partial charge in [-0.05, 0) is 38.0 Å². The molecule has 1 aliphatic rings. The number of hydrogen-bond acceptors (Lipinski definition) is 3. The maximum atomic E-state index is 5.88. The Bertz CT molecular complexity index is 405. The lowest BCUT2D eigenvalue weighted by Gasteiger charge is -2.29. The topological polar surface area (TPSA) is 56.7 Å². The SMILES string of the molecule is CCCCC1CCC(c2c(CN)nnn2CCCC)CC1. The van der Waals surface area contributed by atoms with E-state index in [1.807, 2.05) is 0 Å². The first-order chi connectivity index (χ1) is 10.3. The van der Waals surface area contributed by atoms with E-state index >= 15 is 0 Å². The Balaban J connectivity index is 1.99. The molecule has 2 N–H and O–H groups in total. The molecule has 1 heterocycles. The molecule has 1 aliphatic carbocycles. The Hall–Kier alpha value is -0.900. The van der Waals surface area contributed by atoms with Crippen molar-refractivity contribution in [2.24, 2.45) is 11.7 Å². The summed E-state index contributed by atoms with van der Waals surface area (Å²) in [6.45, 7) is 6.03. The van der Waals surface area contributed by atoms with E-state index in [4.69, 9.17) is 5.73 Å². The van der Waals surface area contributed by atoms with E-state index in [0.29, 0.717) is 12.5 Å². The molecule has 0 atom stereocenters. The van der Waals surface area contributed by atoms with Crippen molar-refractivity contribution in [2.45, 2.75) is 90.6 Å². The van der Waals surface area contributed by atoms with Crippen LogP contribution < -0.4 is 5.73 Å². The van der Waals surface area contributed by atoms with Crippen molar-refractivity contribution in [1.82, 2.24) is 15.0 Å². The van der Waals surface area contributed by atoms with Gasteiger partial charge in [0, 0.05) is 19.0 Å². The molecular formula is C17H32N4. The summed E-state index contributed by atoms with van der Waals surface area (Å²) in [6, 6.07) is 0. The fraction of sp³-hybridized carbons (Fsp3) is 0.882. The smallest absolute Gasteiger partial charge is 0.0997 e. The summed E-state index contributed by atoms with van der Waals surface area (Å²) < 4.78 is 2.14. The molecule has 120 valence electrons. The fourth-order valence-corrected chi connectivity index (χ4v) is 3.64. The van der Waals surface area contributed by atoms with Crippen LogP contribution in [-0.2, 0) is 13.1 Å². The monoisotopic (exact) mass is 292 g/mol. The third-order valence-corrected chi connectivity index (χ3v) is 4.96. The van der Waals surface area contributed by atoms with Gasteiger partial charge < -0.3 is 5.73 Å². The molecule has 0 aromatic carbocycles. The minimum atomic E-state index is 0.525. The first-order valence-electron chi connectivity index (χ1n) is 8.92. The first-order valence-corrected chi connectivity index (χ1v) is 8.92. The Labute approximate surface area is 129 Å². The van der Waals surface area contributed by atoms with Crippen LogP contribution in [0.3, 0.4) is 0 Å². The van der Waals surface area contributed by atoms with Crippen LogP contribution in [0.25, 0.3) is 0 Å². The van der Waals surface area contributed by atoms with Crippen molar-refractivity contribution in [1.29, 1.82) is 0 Å². The number of aromatic nitrogens is 3. The lowest BCUT2D eigenvalue weighted by atomic mass is 9.78. The minimum absolute atomic E-state index is 0.525. The van der Waals surface area contributed by atoms with Gasteiger partial charge in [0.05, 0.1) is 11.4 Å². The third kappa shape index (κ3) is 4.29. The van der Waals surface area contributed by atoms with Gasteiger partial charge >= 0.3 is 0 Å². The minimum Gasteiger partial charge on any atom is -0.325 e. The molecule has 0 amide bonds. The first kappa shape index (κ1) is 16.5. The number of rotatable bonds is 8. The predicted octanol–water partition coefficient (Wildman–Crippen LogP) is 4.00. The van der Waals surface area contributed by atoms with Gasteiger partial charge in [-0.25, -0.2) is 4.68 Å². The van der Waals surface area contributed by atoms with Crippen molar-refractivity contribution in [3.05, 3.63) is 11.4 Å². The molecule has 4 nitrogen and oxygen atoms in total. The van der Waals surface area contributed by atoms with Gasteiger partial charge in [-0.2, -0.15) is 0 Å². The lowest BCUT2D eigenvalue weighted by molar-refractivity contribution is 0.295.